The van der Waals surface area contributed by atoms with Crippen LogP contribution in [-0.4, -0.2) is 50.3 Å². The van der Waals surface area contributed by atoms with Gasteiger partial charge in [-0.3, -0.25) is 9.78 Å². The van der Waals surface area contributed by atoms with Crippen LogP contribution in [-0.2, 0) is 11.2 Å². The summed E-state index contributed by atoms with van der Waals surface area (Å²) in [6.07, 6.45) is -0.607. The lowest BCUT2D eigenvalue weighted by Crippen LogP contribution is -2.48. The summed E-state index contributed by atoms with van der Waals surface area (Å²) < 4.78 is 0. The molecule has 0 aliphatic heterocycles. The number of hydrogen-bond donors (Lipinski definition) is 4. The fourth-order valence-electron chi connectivity index (χ4n) is 3.15. The van der Waals surface area contributed by atoms with Crippen molar-refractivity contribution in [2.24, 2.45) is 0 Å². The Morgan fingerprint density at radius 2 is 1.66 bits per heavy atom. The molecule has 9 heteroatoms. The van der Waals surface area contributed by atoms with Crippen molar-refractivity contribution in [1.29, 1.82) is 0 Å². The molecule has 164 valence electrons. The van der Waals surface area contributed by atoms with E-state index < -0.39 is 30.0 Å². The number of carbonyl (C=O) groups is 3. The van der Waals surface area contributed by atoms with Crippen LogP contribution in [0.5, 0.6) is 0 Å². The van der Waals surface area contributed by atoms with E-state index in [1.54, 1.807) is 42.5 Å². The number of nitrogens with one attached hydrogen (secondary N) is 1. The minimum Gasteiger partial charge on any atom is -0.479 e. The van der Waals surface area contributed by atoms with Gasteiger partial charge in [-0.2, -0.15) is 0 Å². The highest BCUT2D eigenvalue weighted by atomic mass is 35.5. The number of rotatable bonds is 8. The number of aliphatic carboxylic acids is 1. The van der Waals surface area contributed by atoms with Crippen LogP contribution in [0, 0.1) is 0 Å². The van der Waals surface area contributed by atoms with Gasteiger partial charge < -0.3 is 20.6 Å². The first kappa shape index (κ1) is 22.9. The number of carboxylic acids is 2. The fraction of sp³-hybridized carbons (Fsp3) is 0.130. The Balaban J connectivity index is 1.81. The standard InChI is InChI=1S/C23H19ClN2O6/c24-17-8-4-1-5-13(17)11-19(20(27)23(31)32)26-21(28)14-9-10-18(25-12-14)15-6-2-3-7-16(15)22(29)30/h1-10,12,19-20,27H,11H2,(H,26,28)(H,29,30)(H,31,32). The summed E-state index contributed by atoms with van der Waals surface area (Å²) in [6.45, 7) is 0. The maximum atomic E-state index is 12.7. The zero-order valence-electron chi connectivity index (χ0n) is 16.6. The average Bonchev–Trinajstić information content (AvgIpc) is 2.79. The molecule has 1 aromatic heterocycles. The molecule has 1 amide bonds. The Morgan fingerprint density at radius 3 is 2.28 bits per heavy atom. The molecule has 0 bridgehead atoms. The van der Waals surface area contributed by atoms with Gasteiger partial charge in [0.1, 0.15) is 0 Å². The molecule has 0 radical (unpaired) electrons. The number of aliphatic hydroxyl groups excluding tert-OH is 1. The minimum absolute atomic E-state index is 0.00359. The first-order valence-electron chi connectivity index (χ1n) is 9.52. The van der Waals surface area contributed by atoms with Gasteiger partial charge in [0.15, 0.2) is 6.10 Å². The lowest BCUT2D eigenvalue weighted by molar-refractivity contribution is -0.148. The summed E-state index contributed by atoms with van der Waals surface area (Å²) in [7, 11) is 0. The van der Waals surface area contributed by atoms with Crippen molar-refractivity contribution in [3.8, 4) is 11.3 Å². The lowest BCUT2D eigenvalue weighted by atomic mass is 10.0. The molecule has 2 unspecified atom stereocenters. The number of aromatic nitrogens is 1. The molecule has 0 saturated heterocycles. The molecular formula is C23H19ClN2O6. The predicted octanol–water partition coefficient (Wildman–Crippen LogP) is 2.89. The molecule has 0 spiro atoms. The van der Waals surface area contributed by atoms with Crippen molar-refractivity contribution < 1.29 is 29.7 Å². The van der Waals surface area contributed by atoms with Crippen molar-refractivity contribution in [2.75, 3.05) is 0 Å². The molecule has 3 rings (SSSR count). The SMILES string of the molecule is O=C(NC(Cc1ccccc1Cl)C(O)C(=O)O)c1ccc(-c2ccccc2C(=O)O)nc1. The lowest BCUT2D eigenvalue weighted by Gasteiger charge is -2.22. The van der Waals surface area contributed by atoms with Crippen LogP contribution in [0.25, 0.3) is 11.3 Å². The van der Waals surface area contributed by atoms with E-state index in [2.05, 4.69) is 10.3 Å². The second-order valence-corrected chi connectivity index (χ2v) is 7.35. The third kappa shape index (κ3) is 5.29. The van der Waals surface area contributed by atoms with Crippen LogP contribution in [0.2, 0.25) is 5.02 Å². The van der Waals surface area contributed by atoms with E-state index in [0.29, 0.717) is 21.8 Å². The van der Waals surface area contributed by atoms with Crippen molar-refractivity contribution in [3.63, 3.8) is 0 Å². The van der Waals surface area contributed by atoms with Gasteiger partial charge in [-0.25, -0.2) is 9.59 Å². The summed E-state index contributed by atoms with van der Waals surface area (Å²) in [5.74, 6) is -3.23. The van der Waals surface area contributed by atoms with Crippen LogP contribution in [0.4, 0.5) is 0 Å². The molecule has 0 fully saturated rings. The van der Waals surface area contributed by atoms with Gasteiger partial charge in [0, 0.05) is 16.8 Å². The van der Waals surface area contributed by atoms with E-state index in [1.807, 2.05) is 0 Å². The highest BCUT2D eigenvalue weighted by Crippen LogP contribution is 2.22. The summed E-state index contributed by atoms with van der Waals surface area (Å²) in [4.78, 5) is 39.6. The number of aliphatic hydroxyl groups is 1. The van der Waals surface area contributed by atoms with Crippen molar-refractivity contribution in [1.82, 2.24) is 10.3 Å². The predicted molar refractivity (Wildman–Crippen MR) is 117 cm³/mol. The van der Waals surface area contributed by atoms with Crippen LogP contribution >= 0.6 is 11.6 Å². The van der Waals surface area contributed by atoms with E-state index in [0.717, 1.165) is 0 Å². The second kappa shape index (κ2) is 10.0. The third-order valence-corrected chi connectivity index (χ3v) is 5.18. The van der Waals surface area contributed by atoms with Crippen LogP contribution < -0.4 is 5.32 Å². The van der Waals surface area contributed by atoms with Gasteiger partial charge in [-0.15, -0.1) is 0 Å². The number of aromatic carboxylic acids is 1. The highest BCUT2D eigenvalue weighted by molar-refractivity contribution is 6.31. The number of hydrogen-bond acceptors (Lipinski definition) is 5. The number of carbonyl (C=O) groups excluding carboxylic acids is 1. The van der Waals surface area contributed by atoms with Gasteiger partial charge >= 0.3 is 11.9 Å². The fourth-order valence-corrected chi connectivity index (χ4v) is 3.36. The Labute approximate surface area is 188 Å². The smallest absolute Gasteiger partial charge is 0.336 e. The van der Waals surface area contributed by atoms with Gasteiger partial charge in [-0.05, 0) is 36.2 Å². The Morgan fingerprint density at radius 1 is 0.969 bits per heavy atom. The largest absolute Gasteiger partial charge is 0.479 e. The summed E-state index contributed by atoms with van der Waals surface area (Å²) in [5, 5.41) is 31.5. The number of carboxylic acid groups (broad SMARTS) is 2. The number of amides is 1. The van der Waals surface area contributed by atoms with Gasteiger partial charge in [-0.1, -0.05) is 48.0 Å². The molecule has 2 aromatic carbocycles. The molecule has 8 nitrogen and oxygen atoms in total. The van der Waals surface area contributed by atoms with Gasteiger partial charge in [0.05, 0.1) is 22.9 Å². The zero-order valence-corrected chi connectivity index (χ0v) is 17.4. The second-order valence-electron chi connectivity index (χ2n) is 6.94. The summed E-state index contributed by atoms with van der Waals surface area (Å²) in [5.41, 5.74) is 1.51. The zero-order chi connectivity index (χ0) is 23.3. The van der Waals surface area contributed by atoms with Crippen molar-refractivity contribution >= 4 is 29.4 Å². The average molecular weight is 455 g/mol. The van der Waals surface area contributed by atoms with E-state index in [-0.39, 0.29) is 17.5 Å². The maximum Gasteiger partial charge on any atom is 0.336 e. The molecular weight excluding hydrogens is 436 g/mol. The highest BCUT2D eigenvalue weighted by Gasteiger charge is 2.28. The molecule has 1 heterocycles. The van der Waals surface area contributed by atoms with Crippen molar-refractivity contribution in [3.05, 3.63) is 88.6 Å². The molecule has 2 atom stereocenters. The summed E-state index contributed by atoms with van der Waals surface area (Å²) >= 11 is 6.12. The van der Waals surface area contributed by atoms with Gasteiger partial charge in [0.2, 0.25) is 0 Å². The first-order chi connectivity index (χ1) is 15.3. The number of halogens is 1. The molecule has 4 N–H and O–H groups in total. The number of nitrogens with zero attached hydrogens (tertiary/aromatic N) is 1. The van der Waals surface area contributed by atoms with Crippen LogP contribution in [0.1, 0.15) is 26.3 Å². The first-order valence-corrected chi connectivity index (χ1v) is 9.89. The Kier molecular flexibility index (Phi) is 7.19. The van der Waals surface area contributed by atoms with E-state index in [9.17, 15) is 29.7 Å². The van der Waals surface area contributed by atoms with E-state index in [4.69, 9.17) is 11.6 Å². The molecule has 32 heavy (non-hydrogen) atoms. The molecule has 0 aliphatic carbocycles. The van der Waals surface area contributed by atoms with Crippen LogP contribution in [0.15, 0.2) is 66.9 Å². The molecule has 0 saturated carbocycles. The summed E-state index contributed by atoms with van der Waals surface area (Å²) in [6, 6.07) is 14.8. The van der Waals surface area contributed by atoms with Crippen molar-refractivity contribution in [2.45, 2.75) is 18.6 Å². The monoisotopic (exact) mass is 454 g/mol. The minimum atomic E-state index is -1.86. The van der Waals surface area contributed by atoms with E-state index >= 15 is 0 Å². The third-order valence-electron chi connectivity index (χ3n) is 4.81. The van der Waals surface area contributed by atoms with Gasteiger partial charge in [0.25, 0.3) is 5.91 Å². The van der Waals surface area contributed by atoms with E-state index in [1.165, 1.54) is 24.4 Å². The number of pyridine rings is 1. The quantitative estimate of drug-likeness (QED) is 0.410. The van der Waals surface area contributed by atoms with Crippen LogP contribution in [0.3, 0.4) is 0 Å². The normalized spacial score (nSPS) is 12.6. The molecule has 3 aromatic rings. The number of benzene rings is 2. The molecule has 0 aliphatic rings. The maximum absolute atomic E-state index is 12.7. The topological polar surface area (TPSA) is 137 Å². The Bertz CT molecular complexity index is 1150. The Hall–Kier alpha value is -3.75.